The summed E-state index contributed by atoms with van der Waals surface area (Å²) in [6.45, 7) is 8.09. The lowest BCUT2D eigenvalue weighted by Crippen LogP contribution is -2.19. The summed E-state index contributed by atoms with van der Waals surface area (Å²) < 4.78 is 0. The maximum Gasteiger partial charge on any atom is 0.251 e. The van der Waals surface area contributed by atoms with Crippen LogP contribution in [0.3, 0.4) is 0 Å². The highest BCUT2D eigenvalue weighted by molar-refractivity contribution is 5.02. The molecule has 1 heterocycles. The molecule has 0 fully saturated rings. The summed E-state index contributed by atoms with van der Waals surface area (Å²) in [7, 11) is 0. The minimum absolute atomic E-state index is 0.0490. The first kappa shape index (κ1) is 13.9. The van der Waals surface area contributed by atoms with E-state index in [9.17, 15) is 4.79 Å². The van der Waals surface area contributed by atoms with Crippen molar-refractivity contribution < 1.29 is 0 Å². The van der Waals surface area contributed by atoms with Gasteiger partial charge in [-0.1, -0.05) is 20.8 Å². The first-order chi connectivity index (χ1) is 8.11. The second kappa shape index (κ2) is 7.22. The number of hydrogen-bond donors (Lipinski definition) is 2. The van der Waals surface area contributed by atoms with Gasteiger partial charge in [0, 0.05) is 19.0 Å². The molecule has 4 nitrogen and oxygen atoms in total. The molecule has 0 aliphatic heterocycles. The molecule has 0 bridgehead atoms. The Morgan fingerprint density at radius 2 is 2.24 bits per heavy atom. The smallest absolute Gasteiger partial charge is 0.251 e. The fourth-order valence-electron chi connectivity index (χ4n) is 1.59. The van der Waals surface area contributed by atoms with E-state index in [1.54, 1.807) is 6.07 Å². The standard InChI is InChI=1S/C13H23N3O/c1-4-7-14-9-11-8-13(17)16-12(15-11)6-5-10(2)3/h8,10,14H,4-7,9H2,1-3H3,(H,15,16,17). The zero-order chi connectivity index (χ0) is 12.7. The molecular formula is C13H23N3O. The summed E-state index contributed by atoms with van der Waals surface area (Å²) in [4.78, 5) is 18.7. The maximum atomic E-state index is 11.5. The predicted molar refractivity (Wildman–Crippen MR) is 70.0 cm³/mol. The molecule has 0 saturated heterocycles. The van der Waals surface area contributed by atoms with E-state index in [2.05, 4.69) is 36.1 Å². The van der Waals surface area contributed by atoms with Gasteiger partial charge < -0.3 is 10.3 Å². The van der Waals surface area contributed by atoms with Crippen molar-refractivity contribution in [1.82, 2.24) is 15.3 Å². The van der Waals surface area contributed by atoms with Crippen LogP contribution in [0, 0.1) is 5.92 Å². The Hall–Kier alpha value is -1.16. The molecule has 1 aromatic heterocycles. The number of nitrogens with zero attached hydrogens (tertiary/aromatic N) is 1. The SMILES string of the molecule is CCCNCc1cc(=O)[nH]c(CCC(C)C)n1. The third kappa shape index (κ3) is 5.63. The Morgan fingerprint density at radius 3 is 2.88 bits per heavy atom. The number of aryl methyl sites for hydroxylation is 1. The fourth-order valence-corrected chi connectivity index (χ4v) is 1.59. The number of nitrogens with one attached hydrogen (secondary N) is 2. The number of aromatic nitrogens is 2. The minimum atomic E-state index is -0.0490. The van der Waals surface area contributed by atoms with Gasteiger partial charge in [0.2, 0.25) is 0 Å². The Balaban J connectivity index is 2.62. The van der Waals surface area contributed by atoms with Gasteiger partial charge >= 0.3 is 0 Å². The van der Waals surface area contributed by atoms with Crippen LogP contribution in [0.2, 0.25) is 0 Å². The van der Waals surface area contributed by atoms with Gasteiger partial charge in [-0.05, 0) is 25.3 Å². The average Bonchev–Trinajstić information content (AvgIpc) is 2.26. The van der Waals surface area contributed by atoms with E-state index in [0.29, 0.717) is 12.5 Å². The minimum Gasteiger partial charge on any atom is -0.311 e. The van der Waals surface area contributed by atoms with E-state index in [-0.39, 0.29) is 5.56 Å². The second-order valence-corrected chi connectivity index (χ2v) is 4.79. The zero-order valence-corrected chi connectivity index (χ0v) is 11.0. The van der Waals surface area contributed by atoms with Gasteiger partial charge in [-0.3, -0.25) is 4.79 Å². The van der Waals surface area contributed by atoms with Gasteiger partial charge in [0.15, 0.2) is 0 Å². The monoisotopic (exact) mass is 237 g/mol. The van der Waals surface area contributed by atoms with Crippen molar-refractivity contribution in [2.45, 2.75) is 46.6 Å². The summed E-state index contributed by atoms with van der Waals surface area (Å²) in [5, 5.41) is 3.26. The quantitative estimate of drug-likeness (QED) is 0.712. The normalized spacial score (nSPS) is 11.1. The van der Waals surface area contributed by atoms with Crippen molar-refractivity contribution in [2.24, 2.45) is 5.92 Å². The van der Waals surface area contributed by atoms with Crippen LogP contribution < -0.4 is 10.9 Å². The number of hydrogen-bond acceptors (Lipinski definition) is 3. The Morgan fingerprint density at radius 1 is 1.47 bits per heavy atom. The molecule has 0 amide bonds. The van der Waals surface area contributed by atoms with Crippen LogP contribution in [0.25, 0.3) is 0 Å². The van der Waals surface area contributed by atoms with Crippen molar-refractivity contribution in [3.8, 4) is 0 Å². The Bertz CT molecular complexity index is 384. The number of rotatable bonds is 7. The van der Waals surface area contributed by atoms with Crippen molar-refractivity contribution in [3.63, 3.8) is 0 Å². The summed E-state index contributed by atoms with van der Waals surface area (Å²) in [6, 6.07) is 1.57. The average molecular weight is 237 g/mol. The highest BCUT2D eigenvalue weighted by Crippen LogP contribution is 2.04. The summed E-state index contributed by atoms with van der Waals surface area (Å²) in [5.74, 6) is 1.43. The van der Waals surface area contributed by atoms with E-state index in [1.165, 1.54) is 0 Å². The predicted octanol–water partition coefficient (Wildman–Crippen LogP) is 1.86. The molecule has 2 N–H and O–H groups in total. The van der Waals surface area contributed by atoms with Gasteiger partial charge in [0.25, 0.3) is 5.56 Å². The van der Waals surface area contributed by atoms with Crippen LogP contribution in [0.4, 0.5) is 0 Å². The van der Waals surface area contributed by atoms with E-state index in [1.807, 2.05) is 0 Å². The molecule has 0 spiro atoms. The van der Waals surface area contributed by atoms with Gasteiger partial charge in [0.1, 0.15) is 5.82 Å². The maximum absolute atomic E-state index is 11.5. The molecule has 17 heavy (non-hydrogen) atoms. The van der Waals surface area contributed by atoms with E-state index in [0.717, 1.165) is 37.3 Å². The van der Waals surface area contributed by atoms with Crippen LogP contribution in [0.15, 0.2) is 10.9 Å². The highest BCUT2D eigenvalue weighted by atomic mass is 16.1. The lowest BCUT2D eigenvalue weighted by atomic mass is 10.1. The van der Waals surface area contributed by atoms with E-state index < -0.39 is 0 Å². The lowest BCUT2D eigenvalue weighted by Gasteiger charge is -2.06. The molecule has 0 aliphatic rings. The van der Waals surface area contributed by atoms with Crippen LogP contribution in [0.1, 0.15) is 45.1 Å². The summed E-state index contributed by atoms with van der Waals surface area (Å²) in [6.07, 6.45) is 2.98. The largest absolute Gasteiger partial charge is 0.311 e. The summed E-state index contributed by atoms with van der Waals surface area (Å²) in [5.41, 5.74) is 0.785. The van der Waals surface area contributed by atoms with Crippen molar-refractivity contribution in [2.75, 3.05) is 6.54 Å². The van der Waals surface area contributed by atoms with E-state index in [4.69, 9.17) is 0 Å². The number of aromatic amines is 1. The molecule has 0 aliphatic carbocycles. The fraction of sp³-hybridized carbons (Fsp3) is 0.692. The molecular weight excluding hydrogens is 214 g/mol. The molecule has 1 aromatic rings. The zero-order valence-electron chi connectivity index (χ0n) is 11.0. The Labute approximate surface area is 103 Å². The Kier molecular flexibility index (Phi) is 5.91. The van der Waals surface area contributed by atoms with Crippen molar-refractivity contribution in [1.29, 1.82) is 0 Å². The third-order valence-corrected chi connectivity index (χ3v) is 2.54. The first-order valence-corrected chi connectivity index (χ1v) is 6.41. The van der Waals surface area contributed by atoms with Crippen LogP contribution in [-0.2, 0) is 13.0 Å². The van der Waals surface area contributed by atoms with Crippen molar-refractivity contribution >= 4 is 0 Å². The summed E-state index contributed by atoms with van der Waals surface area (Å²) >= 11 is 0. The highest BCUT2D eigenvalue weighted by Gasteiger charge is 2.02. The van der Waals surface area contributed by atoms with Crippen molar-refractivity contribution in [3.05, 3.63) is 27.9 Å². The molecule has 4 heteroatoms. The van der Waals surface area contributed by atoms with Crippen LogP contribution >= 0.6 is 0 Å². The molecule has 1 rings (SSSR count). The van der Waals surface area contributed by atoms with E-state index >= 15 is 0 Å². The molecule has 0 atom stereocenters. The van der Waals surface area contributed by atoms with Gasteiger partial charge in [-0.15, -0.1) is 0 Å². The second-order valence-electron chi connectivity index (χ2n) is 4.79. The van der Waals surface area contributed by atoms with Crippen LogP contribution in [0.5, 0.6) is 0 Å². The topological polar surface area (TPSA) is 57.8 Å². The van der Waals surface area contributed by atoms with Gasteiger partial charge in [-0.25, -0.2) is 4.98 Å². The van der Waals surface area contributed by atoms with Crippen LogP contribution in [-0.4, -0.2) is 16.5 Å². The molecule has 0 unspecified atom stereocenters. The van der Waals surface area contributed by atoms with Gasteiger partial charge in [-0.2, -0.15) is 0 Å². The molecule has 0 aromatic carbocycles. The first-order valence-electron chi connectivity index (χ1n) is 6.41. The third-order valence-electron chi connectivity index (χ3n) is 2.54. The molecule has 0 radical (unpaired) electrons. The molecule has 0 saturated carbocycles. The van der Waals surface area contributed by atoms with Gasteiger partial charge in [0.05, 0.1) is 5.69 Å². The molecule has 96 valence electrons. The lowest BCUT2D eigenvalue weighted by molar-refractivity contribution is 0.570. The number of H-pyrrole nitrogens is 1.